The van der Waals surface area contributed by atoms with Gasteiger partial charge in [-0.25, -0.2) is 4.68 Å². The summed E-state index contributed by atoms with van der Waals surface area (Å²) >= 11 is 0. The molecule has 0 fully saturated rings. The molecule has 134 valence electrons. The number of hydrogen-bond donors (Lipinski definition) is 1. The Labute approximate surface area is 155 Å². The molecule has 4 aromatic rings. The van der Waals surface area contributed by atoms with Gasteiger partial charge in [-0.1, -0.05) is 59.8 Å². The van der Waals surface area contributed by atoms with Gasteiger partial charge in [0.15, 0.2) is 0 Å². The van der Waals surface area contributed by atoms with Crippen LogP contribution in [0.4, 0.5) is 0 Å². The van der Waals surface area contributed by atoms with Gasteiger partial charge in [0.2, 0.25) is 5.91 Å². The summed E-state index contributed by atoms with van der Waals surface area (Å²) in [5.74, 6) is -0.290. The van der Waals surface area contributed by atoms with E-state index in [9.17, 15) is 9.59 Å². The van der Waals surface area contributed by atoms with Crippen LogP contribution in [0.25, 0.3) is 21.7 Å². The monoisotopic (exact) mass is 358 g/mol. The lowest BCUT2D eigenvalue weighted by Gasteiger charge is -2.16. The van der Waals surface area contributed by atoms with E-state index in [-0.39, 0.29) is 24.1 Å². The molecule has 0 bridgehead atoms. The number of benzene rings is 3. The zero-order chi connectivity index (χ0) is 18.8. The SMILES string of the molecule is C[C@H](NC(=O)Cn1nnc2ccccc2c1=O)c1cccc2ccccc12. The number of nitrogens with one attached hydrogen (secondary N) is 1. The predicted octanol–water partition coefficient (Wildman–Crippen LogP) is 2.82. The van der Waals surface area contributed by atoms with Crippen LogP contribution in [-0.4, -0.2) is 20.9 Å². The van der Waals surface area contributed by atoms with Gasteiger partial charge in [-0.2, -0.15) is 0 Å². The predicted molar refractivity (Wildman–Crippen MR) is 104 cm³/mol. The van der Waals surface area contributed by atoms with Crippen LogP contribution in [0.3, 0.4) is 0 Å². The molecule has 3 aromatic carbocycles. The van der Waals surface area contributed by atoms with Crippen LogP contribution in [0, 0.1) is 0 Å². The molecule has 0 aliphatic heterocycles. The lowest BCUT2D eigenvalue weighted by molar-refractivity contribution is -0.122. The second-order valence-corrected chi connectivity index (χ2v) is 6.43. The molecule has 6 nitrogen and oxygen atoms in total. The maximum absolute atomic E-state index is 12.5. The minimum atomic E-state index is -0.325. The van der Waals surface area contributed by atoms with Crippen LogP contribution in [0.1, 0.15) is 18.5 Å². The Kier molecular flexibility index (Phi) is 4.38. The van der Waals surface area contributed by atoms with Crippen molar-refractivity contribution in [3.8, 4) is 0 Å². The number of aromatic nitrogens is 3. The van der Waals surface area contributed by atoms with Crippen LogP contribution in [0.2, 0.25) is 0 Å². The highest BCUT2D eigenvalue weighted by molar-refractivity contribution is 5.87. The van der Waals surface area contributed by atoms with Crippen molar-refractivity contribution in [1.29, 1.82) is 0 Å². The molecule has 0 unspecified atom stereocenters. The number of fused-ring (bicyclic) bond motifs is 2. The minimum Gasteiger partial charge on any atom is -0.348 e. The smallest absolute Gasteiger partial charge is 0.278 e. The fraction of sp³-hybridized carbons (Fsp3) is 0.143. The van der Waals surface area contributed by atoms with E-state index in [0.29, 0.717) is 10.9 Å². The van der Waals surface area contributed by atoms with Crippen molar-refractivity contribution in [2.75, 3.05) is 0 Å². The average Bonchev–Trinajstić information content (AvgIpc) is 2.70. The molecule has 0 spiro atoms. The van der Waals surface area contributed by atoms with E-state index in [1.54, 1.807) is 24.3 Å². The summed E-state index contributed by atoms with van der Waals surface area (Å²) in [6.07, 6.45) is 0. The third-order valence-corrected chi connectivity index (χ3v) is 4.59. The number of rotatable bonds is 4. The molecule has 6 heteroatoms. The summed E-state index contributed by atoms with van der Waals surface area (Å²) < 4.78 is 1.09. The van der Waals surface area contributed by atoms with Crippen molar-refractivity contribution < 1.29 is 4.79 Å². The Morgan fingerprint density at radius 1 is 1.00 bits per heavy atom. The summed E-state index contributed by atoms with van der Waals surface area (Å²) in [5, 5.41) is 13.5. The summed E-state index contributed by atoms with van der Waals surface area (Å²) in [5.41, 5.74) is 1.22. The highest BCUT2D eigenvalue weighted by Crippen LogP contribution is 2.23. The number of amides is 1. The third-order valence-electron chi connectivity index (χ3n) is 4.59. The highest BCUT2D eigenvalue weighted by atomic mass is 16.2. The summed E-state index contributed by atoms with van der Waals surface area (Å²) in [6.45, 7) is 1.75. The molecule has 0 aliphatic rings. The molecule has 1 atom stereocenters. The Morgan fingerprint density at radius 2 is 1.70 bits per heavy atom. The van der Waals surface area contributed by atoms with Crippen LogP contribution >= 0.6 is 0 Å². The van der Waals surface area contributed by atoms with Crippen LogP contribution in [0.15, 0.2) is 71.5 Å². The van der Waals surface area contributed by atoms with Gasteiger partial charge in [0, 0.05) is 0 Å². The first-order valence-electron chi connectivity index (χ1n) is 8.73. The largest absolute Gasteiger partial charge is 0.348 e. The summed E-state index contributed by atoms with van der Waals surface area (Å²) in [7, 11) is 0. The van der Waals surface area contributed by atoms with Gasteiger partial charge in [0.25, 0.3) is 5.56 Å². The Balaban J connectivity index is 1.56. The first-order valence-corrected chi connectivity index (χ1v) is 8.73. The van der Waals surface area contributed by atoms with E-state index < -0.39 is 0 Å². The molecular formula is C21H18N4O2. The maximum Gasteiger partial charge on any atom is 0.278 e. The van der Waals surface area contributed by atoms with E-state index in [1.165, 1.54) is 0 Å². The van der Waals surface area contributed by atoms with Gasteiger partial charge in [0.1, 0.15) is 12.1 Å². The van der Waals surface area contributed by atoms with Gasteiger partial charge in [-0.3, -0.25) is 9.59 Å². The van der Waals surface area contributed by atoms with Crippen molar-refractivity contribution in [1.82, 2.24) is 20.3 Å². The molecule has 0 saturated carbocycles. The second-order valence-electron chi connectivity index (χ2n) is 6.43. The van der Waals surface area contributed by atoms with E-state index in [4.69, 9.17) is 0 Å². The van der Waals surface area contributed by atoms with E-state index in [0.717, 1.165) is 21.0 Å². The van der Waals surface area contributed by atoms with Gasteiger partial charge in [0.05, 0.1) is 11.4 Å². The summed E-state index contributed by atoms with van der Waals surface area (Å²) in [4.78, 5) is 25.0. The van der Waals surface area contributed by atoms with Crippen molar-refractivity contribution >= 4 is 27.6 Å². The zero-order valence-corrected chi connectivity index (χ0v) is 14.8. The molecule has 0 saturated heterocycles. The maximum atomic E-state index is 12.5. The number of hydrogen-bond acceptors (Lipinski definition) is 4. The summed E-state index contributed by atoms with van der Waals surface area (Å²) in [6, 6.07) is 20.8. The molecule has 1 heterocycles. The Morgan fingerprint density at radius 3 is 2.56 bits per heavy atom. The van der Waals surface area contributed by atoms with E-state index in [1.807, 2.05) is 49.4 Å². The normalized spacial score (nSPS) is 12.2. The van der Waals surface area contributed by atoms with Gasteiger partial charge >= 0.3 is 0 Å². The van der Waals surface area contributed by atoms with Crippen molar-refractivity contribution in [3.05, 3.63) is 82.6 Å². The van der Waals surface area contributed by atoms with Gasteiger partial charge < -0.3 is 5.32 Å². The van der Waals surface area contributed by atoms with E-state index in [2.05, 4.69) is 15.6 Å². The fourth-order valence-corrected chi connectivity index (χ4v) is 3.26. The van der Waals surface area contributed by atoms with Crippen LogP contribution in [0.5, 0.6) is 0 Å². The quantitative estimate of drug-likeness (QED) is 0.609. The Bertz CT molecular complexity index is 1190. The fourth-order valence-electron chi connectivity index (χ4n) is 3.26. The van der Waals surface area contributed by atoms with Crippen molar-refractivity contribution in [2.24, 2.45) is 0 Å². The average molecular weight is 358 g/mol. The lowest BCUT2D eigenvalue weighted by atomic mass is 10.00. The standard InChI is InChI=1S/C21H18N4O2/c1-14(16-11-6-8-15-7-2-3-9-17(15)16)22-20(26)13-25-21(27)18-10-4-5-12-19(18)23-24-25/h2-12,14H,13H2,1H3,(H,22,26)/t14-/m0/s1. The molecule has 1 N–H and O–H groups in total. The molecular weight excluding hydrogens is 340 g/mol. The van der Waals surface area contributed by atoms with E-state index >= 15 is 0 Å². The molecule has 1 amide bonds. The lowest BCUT2D eigenvalue weighted by Crippen LogP contribution is -2.35. The van der Waals surface area contributed by atoms with Crippen LogP contribution < -0.4 is 10.9 Å². The van der Waals surface area contributed by atoms with Gasteiger partial charge in [-0.15, -0.1) is 5.10 Å². The zero-order valence-electron chi connectivity index (χ0n) is 14.8. The molecule has 1 aromatic heterocycles. The second kappa shape index (κ2) is 6.99. The number of carbonyl (C=O) groups excluding carboxylic acids is 1. The van der Waals surface area contributed by atoms with Crippen molar-refractivity contribution in [2.45, 2.75) is 19.5 Å². The van der Waals surface area contributed by atoms with Crippen molar-refractivity contribution in [3.63, 3.8) is 0 Å². The minimum absolute atomic E-state index is 0.175. The highest BCUT2D eigenvalue weighted by Gasteiger charge is 2.14. The third kappa shape index (κ3) is 3.29. The molecule has 4 rings (SSSR count). The first-order chi connectivity index (χ1) is 13.1. The number of carbonyl (C=O) groups is 1. The van der Waals surface area contributed by atoms with Crippen LogP contribution in [-0.2, 0) is 11.3 Å². The van der Waals surface area contributed by atoms with Gasteiger partial charge in [-0.05, 0) is 35.4 Å². The molecule has 0 radical (unpaired) electrons. The Hall–Kier alpha value is -3.54. The number of nitrogens with zero attached hydrogens (tertiary/aromatic N) is 3. The molecule has 27 heavy (non-hydrogen) atoms. The topological polar surface area (TPSA) is 76.9 Å². The molecule has 0 aliphatic carbocycles. The first kappa shape index (κ1) is 16.9.